The summed E-state index contributed by atoms with van der Waals surface area (Å²) in [5.41, 5.74) is 4.31. The first-order valence-corrected chi connectivity index (χ1v) is 7.98. The fourth-order valence-electron chi connectivity index (χ4n) is 2.66. The fourth-order valence-corrected chi connectivity index (χ4v) is 2.90. The van der Waals surface area contributed by atoms with Crippen LogP contribution in [0.5, 0.6) is 5.75 Å². The average molecular weight is 399 g/mol. The lowest BCUT2D eigenvalue weighted by Crippen LogP contribution is -2.42. The zero-order chi connectivity index (χ0) is 20.4. The van der Waals surface area contributed by atoms with Gasteiger partial charge in [-0.2, -0.15) is 13.2 Å². The fraction of sp³-hybridized carbons (Fsp3) is 0.235. The Bertz CT molecular complexity index is 915. The number of carbonyl (C=O) groups is 2. The molecule has 0 unspecified atom stereocenters. The van der Waals surface area contributed by atoms with Gasteiger partial charge in [0.1, 0.15) is 16.3 Å². The Morgan fingerprint density at radius 1 is 1.22 bits per heavy atom. The van der Waals surface area contributed by atoms with Crippen molar-refractivity contribution in [2.45, 2.75) is 6.18 Å². The number of amides is 3. The largest absolute Gasteiger partial charge is 0.496 e. The number of imide groups is 1. The zero-order valence-electron chi connectivity index (χ0n) is 14.4. The molecule has 3 N–H and O–H groups in total. The predicted molar refractivity (Wildman–Crippen MR) is 97.6 cm³/mol. The molecule has 144 valence electrons. The molecule has 2 rings (SSSR count). The van der Waals surface area contributed by atoms with E-state index in [1.54, 1.807) is 6.07 Å². The number of primary amides is 1. The van der Waals surface area contributed by atoms with Crippen LogP contribution in [0.15, 0.2) is 30.3 Å². The molecule has 0 fully saturated rings. The van der Waals surface area contributed by atoms with E-state index in [1.807, 2.05) is 5.32 Å². The molecule has 0 aliphatic carbocycles. The number of fused-ring (bicyclic) bond motifs is 1. The summed E-state index contributed by atoms with van der Waals surface area (Å²) >= 11 is 5.32. The Labute approximate surface area is 158 Å². The summed E-state index contributed by atoms with van der Waals surface area (Å²) in [4.78, 5) is 23.8. The third kappa shape index (κ3) is 4.45. The number of hydrogen-bond acceptors (Lipinski definition) is 4. The number of methoxy groups -OCH3 is 1. The van der Waals surface area contributed by atoms with E-state index in [0.717, 1.165) is 7.11 Å². The highest BCUT2D eigenvalue weighted by Crippen LogP contribution is 2.41. The van der Waals surface area contributed by atoms with Gasteiger partial charge in [0.15, 0.2) is 0 Å². The Hall–Kier alpha value is -2.88. The van der Waals surface area contributed by atoms with Crippen LogP contribution in [-0.2, 0) is 11.0 Å². The molecule has 0 saturated heterocycles. The van der Waals surface area contributed by atoms with Crippen molar-refractivity contribution in [3.63, 3.8) is 0 Å². The summed E-state index contributed by atoms with van der Waals surface area (Å²) in [5.74, 6) is -0.988. The minimum absolute atomic E-state index is 0.0725. The number of thiocarbonyl (C=S) groups is 1. The van der Waals surface area contributed by atoms with Crippen molar-refractivity contribution in [2.24, 2.45) is 5.73 Å². The number of halogens is 3. The Balaban J connectivity index is 2.49. The Kier molecular flexibility index (Phi) is 5.89. The molecule has 0 aliphatic rings. The van der Waals surface area contributed by atoms with Gasteiger partial charge < -0.3 is 15.4 Å². The zero-order valence-corrected chi connectivity index (χ0v) is 15.2. The van der Waals surface area contributed by atoms with Crippen molar-refractivity contribution in [1.82, 2.24) is 10.2 Å². The van der Waals surface area contributed by atoms with E-state index in [2.05, 4.69) is 0 Å². The van der Waals surface area contributed by atoms with Gasteiger partial charge >= 0.3 is 12.2 Å². The lowest BCUT2D eigenvalue weighted by atomic mass is 9.98. The van der Waals surface area contributed by atoms with Crippen LogP contribution in [0.2, 0.25) is 0 Å². The van der Waals surface area contributed by atoms with Crippen molar-refractivity contribution < 1.29 is 27.5 Å². The van der Waals surface area contributed by atoms with Crippen LogP contribution in [0.1, 0.15) is 11.1 Å². The lowest BCUT2D eigenvalue weighted by molar-refractivity contribution is -0.137. The molecule has 2 aromatic rings. The van der Waals surface area contributed by atoms with E-state index < -0.39 is 23.7 Å². The molecule has 27 heavy (non-hydrogen) atoms. The smallest absolute Gasteiger partial charge is 0.420 e. The van der Waals surface area contributed by atoms with Gasteiger partial charge in [0.25, 0.3) is 0 Å². The average Bonchev–Trinajstić information content (AvgIpc) is 2.57. The molecule has 0 saturated carbocycles. The van der Waals surface area contributed by atoms with E-state index in [9.17, 15) is 22.8 Å². The van der Waals surface area contributed by atoms with Crippen molar-refractivity contribution in [3.05, 3.63) is 41.5 Å². The SMILES string of the molecule is COc1ccc2c(C(=S)N(C)CC(=O)NC(N)=O)cccc2c1C(F)(F)F. The first kappa shape index (κ1) is 20.4. The standard InChI is InChI=1S/C17H16F3N3O3S/c1-23(8-13(24)22-16(21)25)15(27)11-5-3-4-10-9(11)6-7-12(26-2)14(10)17(18,19)20/h3-7H,8H2,1-2H3,(H3,21,22,24,25). The number of nitrogens with one attached hydrogen (secondary N) is 1. The number of hydrogen-bond donors (Lipinski definition) is 2. The Morgan fingerprint density at radius 2 is 1.89 bits per heavy atom. The van der Waals surface area contributed by atoms with Crippen LogP contribution in [-0.4, -0.2) is 42.5 Å². The number of nitrogens with zero attached hydrogens (tertiary/aromatic N) is 1. The first-order valence-electron chi connectivity index (χ1n) is 7.58. The van der Waals surface area contributed by atoms with Gasteiger partial charge in [0, 0.05) is 12.6 Å². The quantitative estimate of drug-likeness (QED) is 0.773. The number of urea groups is 1. The molecular weight excluding hydrogens is 383 g/mol. The lowest BCUT2D eigenvalue weighted by Gasteiger charge is -2.21. The highest BCUT2D eigenvalue weighted by atomic mass is 32.1. The van der Waals surface area contributed by atoms with Crippen LogP contribution in [0.3, 0.4) is 0 Å². The van der Waals surface area contributed by atoms with Crippen LogP contribution >= 0.6 is 12.2 Å². The number of likely N-dealkylation sites (N-methyl/N-ethyl adjacent to an activating group) is 1. The van der Waals surface area contributed by atoms with Gasteiger partial charge in [-0.05, 0) is 22.9 Å². The molecule has 0 bridgehead atoms. The molecule has 0 atom stereocenters. The number of benzene rings is 2. The van der Waals surface area contributed by atoms with Gasteiger partial charge in [-0.25, -0.2) is 4.79 Å². The van der Waals surface area contributed by atoms with Gasteiger partial charge in [0.2, 0.25) is 5.91 Å². The van der Waals surface area contributed by atoms with E-state index >= 15 is 0 Å². The Morgan fingerprint density at radius 3 is 2.44 bits per heavy atom. The molecule has 0 spiro atoms. The molecule has 3 amide bonds. The summed E-state index contributed by atoms with van der Waals surface area (Å²) < 4.78 is 45.4. The molecule has 10 heteroatoms. The van der Waals surface area contributed by atoms with Gasteiger partial charge in [-0.3, -0.25) is 10.1 Å². The summed E-state index contributed by atoms with van der Waals surface area (Å²) in [6.07, 6.45) is -4.63. The van der Waals surface area contributed by atoms with Crippen LogP contribution < -0.4 is 15.8 Å². The third-order valence-electron chi connectivity index (χ3n) is 3.75. The number of carbonyl (C=O) groups excluding carboxylic acids is 2. The van der Waals surface area contributed by atoms with E-state index in [4.69, 9.17) is 22.7 Å². The monoisotopic (exact) mass is 399 g/mol. The summed E-state index contributed by atoms with van der Waals surface area (Å²) in [6, 6.07) is 6.01. The second kappa shape index (κ2) is 7.78. The number of rotatable bonds is 4. The molecule has 6 nitrogen and oxygen atoms in total. The van der Waals surface area contributed by atoms with Crippen LogP contribution in [0, 0.1) is 0 Å². The van der Waals surface area contributed by atoms with Gasteiger partial charge in [-0.15, -0.1) is 0 Å². The molecule has 0 radical (unpaired) electrons. The predicted octanol–water partition coefficient (Wildman–Crippen LogP) is 2.67. The van der Waals surface area contributed by atoms with E-state index in [0.29, 0.717) is 5.56 Å². The van der Waals surface area contributed by atoms with Gasteiger partial charge in [0.05, 0.1) is 13.7 Å². The maximum atomic E-state index is 13.5. The van der Waals surface area contributed by atoms with Crippen molar-refractivity contribution in [1.29, 1.82) is 0 Å². The normalized spacial score (nSPS) is 11.1. The minimum Gasteiger partial charge on any atom is -0.496 e. The van der Waals surface area contributed by atoms with Crippen molar-refractivity contribution in [3.8, 4) is 5.75 Å². The number of nitrogens with two attached hydrogens (primary N) is 1. The van der Waals surface area contributed by atoms with E-state index in [-0.39, 0.29) is 28.1 Å². The molecule has 2 aromatic carbocycles. The molecule has 0 heterocycles. The first-order chi connectivity index (χ1) is 12.6. The molecule has 0 aliphatic heterocycles. The third-order valence-corrected chi connectivity index (χ3v) is 4.28. The van der Waals surface area contributed by atoms with Crippen molar-refractivity contribution in [2.75, 3.05) is 20.7 Å². The van der Waals surface area contributed by atoms with Crippen LogP contribution in [0.4, 0.5) is 18.0 Å². The van der Waals surface area contributed by atoms with Gasteiger partial charge in [-0.1, -0.05) is 30.4 Å². The number of ether oxygens (including phenoxy) is 1. The molecular formula is C17H16F3N3O3S. The van der Waals surface area contributed by atoms with Crippen LogP contribution in [0.25, 0.3) is 10.8 Å². The minimum atomic E-state index is -4.63. The number of alkyl halides is 3. The summed E-state index contributed by atoms with van der Waals surface area (Å²) in [5, 5.41) is 2.08. The topological polar surface area (TPSA) is 84.7 Å². The highest BCUT2D eigenvalue weighted by molar-refractivity contribution is 7.80. The molecule has 0 aromatic heterocycles. The van der Waals surface area contributed by atoms with E-state index in [1.165, 1.54) is 36.2 Å². The highest BCUT2D eigenvalue weighted by Gasteiger charge is 2.36. The maximum absolute atomic E-state index is 13.5. The van der Waals surface area contributed by atoms with Crippen molar-refractivity contribution >= 4 is 39.9 Å². The summed E-state index contributed by atoms with van der Waals surface area (Å²) in [6.45, 7) is -0.291. The second-order valence-electron chi connectivity index (χ2n) is 5.61. The second-order valence-corrected chi connectivity index (χ2v) is 6.00. The maximum Gasteiger partial charge on any atom is 0.420 e. The summed E-state index contributed by atoms with van der Waals surface area (Å²) in [7, 11) is 2.64.